The smallest absolute Gasteiger partial charge is 0.161 e. The molecule has 4 nitrogen and oxygen atoms in total. The lowest BCUT2D eigenvalue weighted by Gasteiger charge is -2.22. The third kappa shape index (κ3) is 3.24. The average Bonchev–Trinajstić information content (AvgIpc) is 2.39. The quantitative estimate of drug-likeness (QED) is 0.773. The number of hydrogen-bond donors (Lipinski definition) is 1. The Morgan fingerprint density at radius 3 is 2.78 bits per heavy atom. The van der Waals surface area contributed by atoms with Crippen molar-refractivity contribution >= 4 is 0 Å². The van der Waals surface area contributed by atoms with E-state index < -0.39 is 0 Å². The Hall–Kier alpha value is -1.52. The van der Waals surface area contributed by atoms with Crippen molar-refractivity contribution < 1.29 is 9.47 Å². The van der Waals surface area contributed by atoms with E-state index in [1.54, 1.807) is 0 Å². The maximum Gasteiger partial charge on any atom is 0.161 e. The van der Waals surface area contributed by atoms with Crippen molar-refractivity contribution in [1.82, 2.24) is 4.90 Å². The Morgan fingerprint density at radius 2 is 2.06 bits per heavy atom. The van der Waals surface area contributed by atoms with E-state index in [-0.39, 0.29) is 0 Å². The minimum atomic E-state index is 0.621. The Morgan fingerprint density at radius 1 is 1.28 bits per heavy atom. The van der Waals surface area contributed by atoms with Crippen LogP contribution >= 0.6 is 0 Å². The second-order valence-electron chi connectivity index (χ2n) is 4.29. The molecule has 98 valence electrons. The summed E-state index contributed by atoms with van der Waals surface area (Å²) in [5.74, 6) is 1.67. The van der Waals surface area contributed by atoms with Crippen LogP contribution in [-0.2, 0) is 6.54 Å². The standard InChI is InChI=1S/C14H20N2O2/c1-2-6-16(7-5-15)11-12-3-4-13-14(10-12)18-9-8-17-13/h2-4,10H,1,5-9,11,15H2. The van der Waals surface area contributed by atoms with Crippen molar-refractivity contribution in [2.45, 2.75) is 6.54 Å². The van der Waals surface area contributed by atoms with Gasteiger partial charge in [0.05, 0.1) is 0 Å². The van der Waals surface area contributed by atoms with E-state index in [9.17, 15) is 0 Å². The lowest BCUT2D eigenvalue weighted by molar-refractivity contribution is 0.171. The SMILES string of the molecule is C=CCN(CCN)Cc1ccc2c(c1)OCCO2. The number of ether oxygens (including phenoxy) is 2. The van der Waals surface area contributed by atoms with Gasteiger partial charge in [0, 0.05) is 26.2 Å². The molecule has 2 rings (SSSR count). The zero-order valence-corrected chi connectivity index (χ0v) is 10.6. The van der Waals surface area contributed by atoms with Crippen molar-refractivity contribution in [1.29, 1.82) is 0 Å². The summed E-state index contributed by atoms with van der Waals surface area (Å²) in [7, 11) is 0. The number of benzene rings is 1. The van der Waals surface area contributed by atoms with Crippen LogP contribution in [0.5, 0.6) is 11.5 Å². The highest BCUT2D eigenvalue weighted by Crippen LogP contribution is 2.31. The van der Waals surface area contributed by atoms with Gasteiger partial charge in [-0.2, -0.15) is 0 Å². The van der Waals surface area contributed by atoms with Gasteiger partial charge < -0.3 is 15.2 Å². The number of nitrogens with zero attached hydrogens (tertiary/aromatic N) is 1. The summed E-state index contributed by atoms with van der Waals surface area (Å²) in [5.41, 5.74) is 6.81. The van der Waals surface area contributed by atoms with E-state index >= 15 is 0 Å². The molecule has 0 unspecified atom stereocenters. The first-order chi connectivity index (χ1) is 8.83. The first kappa shape index (κ1) is 12.9. The highest BCUT2D eigenvalue weighted by atomic mass is 16.6. The Labute approximate surface area is 108 Å². The van der Waals surface area contributed by atoms with Crippen molar-refractivity contribution in [3.05, 3.63) is 36.4 Å². The summed E-state index contributed by atoms with van der Waals surface area (Å²) >= 11 is 0. The van der Waals surface area contributed by atoms with E-state index in [0.29, 0.717) is 19.8 Å². The van der Waals surface area contributed by atoms with E-state index in [0.717, 1.165) is 31.1 Å². The monoisotopic (exact) mass is 248 g/mol. The third-order valence-corrected chi connectivity index (χ3v) is 2.85. The molecule has 18 heavy (non-hydrogen) atoms. The van der Waals surface area contributed by atoms with Gasteiger partial charge in [-0.15, -0.1) is 6.58 Å². The van der Waals surface area contributed by atoms with E-state index in [1.807, 2.05) is 18.2 Å². The average molecular weight is 248 g/mol. The van der Waals surface area contributed by atoms with Crippen molar-refractivity contribution in [3.8, 4) is 11.5 Å². The molecule has 0 radical (unpaired) electrons. The Balaban J connectivity index is 2.05. The van der Waals surface area contributed by atoms with Gasteiger partial charge in [0.25, 0.3) is 0 Å². The lowest BCUT2D eigenvalue weighted by Crippen LogP contribution is -2.29. The predicted octanol–water partition coefficient (Wildman–Crippen LogP) is 1.40. The van der Waals surface area contributed by atoms with Gasteiger partial charge in [0.1, 0.15) is 13.2 Å². The summed E-state index contributed by atoms with van der Waals surface area (Å²) in [6.07, 6.45) is 1.90. The van der Waals surface area contributed by atoms with Gasteiger partial charge in [-0.05, 0) is 17.7 Å². The van der Waals surface area contributed by atoms with Crippen LogP contribution in [0.4, 0.5) is 0 Å². The van der Waals surface area contributed by atoms with Gasteiger partial charge >= 0.3 is 0 Å². The maximum atomic E-state index is 5.60. The molecule has 2 N–H and O–H groups in total. The van der Waals surface area contributed by atoms with Gasteiger partial charge in [0.15, 0.2) is 11.5 Å². The Kier molecular flexibility index (Phi) is 4.61. The van der Waals surface area contributed by atoms with Crippen molar-refractivity contribution in [2.24, 2.45) is 5.73 Å². The van der Waals surface area contributed by atoms with E-state index in [2.05, 4.69) is 17.5 Å². The van der Waals surface area contributed by atoms with Gasteiger partial charge in [-0.3, -0.25) is 4.90 Å². The highest BCUT2D eigenvalue weighted by molar-refractivity contribution is 5.43. The lowest BCUT2D eigenvalue weighted by atomic mass is 10.1. The third-order valence-electron chi connectivity index (χ3n) is 2.85. The molecule has 0 amide bonds. The minimum absolute atomic E-state index is 0.621. The van der Waals surface area contributed by atoms with Gasteiger partial charge in [0.2, 0.25) is 0 Å². The molecule has 0 atom stereocenters. The summed E-state index contributed by atoms with van der Waals surface area (Å²) in [6.45, 7) is 8.21. The molecule has 1 aliphatic rings. The molecule has 0 fully saturated rings. The van der Waals surface area contributed by atoms with Gasteiger partial charge in [-0.1, -0.05) is 12.1 Å². The molecular formula is C14H20N2O2. The van der Waals surface area contributed by atoms with Crippen LogP contribution < -0.4 is 15.2 Å². The summed E-state index contributed by atoms with van der Waals surface area (Å²) in [6, 6.07) is 6.08. The number of nitrogens with two attached hydrogens (primary N) is 1. The molecule has 1 aromatic carbocycles. The second kappa shape index (κ2) is 6.42. The first-order valence-corrected chi connectivity index (χ1v) is 6.25. The molecule has 0 spiro atoms. The van der Waals surface area contributed by atoms with Crippen LogP contribution in [0.3, 0.4) is 0 Å². The first-order valence-electron chi connectivity index (χ1n) is 6.25. The van der Waals surface area contributed by atoms with Crippen LogP contribution in [0.15, 0.2) is 30.9 Å². The molecule has 0 bridgehead atoms. The van der Waals surface area contributed by atoms with E-state index in [1.165, 1.54) is 5.56 Å². The Bertz CT molecular complexity index is 407. The van der Waals surface area contributed by atoms with Crippen LogP contribution in [-0.4, -0.2) is 37.7 Å². The van der Waals surface area contributed by atoms with Crippen molar-refractivity contribution in [3.63, 3.8) is 0 Å². The summed E-state index contributed by atoms with van der Waals surface area (Å²) in [5, 5.41) is 0. The number of hydrogen-bond acceptors (Lipinski definition) is 4. The number of rotatable bonds is 6. The highest BCUT2D eigenvalue weighted by Gasteiger charge is 2.12. The fraction of sp³-hybridized carbons (Fsp3) is 0.429. The predicted molar refractivity (Wildman–Crippen MR) is 72.0 cm³/mol. The molecule has 0 saturated heterocycles. The van der Waals surface area contributed by atoms with Gasteiger partial charge in [-0.25, -0.2) is 0 Å². The fourth-order valence-electron chi connectivity index (χ4n) is 2.04. The molecule has 0 aliphatic carbocycles. The molecule has 1 heterocycles. The molecule has 1 aliphatic heterocycles. The fourth-order valence-corrected chi connectivity index (χ4v) is 2.04. The molecule has 1 aromatic rings. The second-order valence-corrected chi connectivity index (χ2v) is 4.29. The molecule has 4 heteroatoms. The van der Waals surface area contributed by atoms with Crippen LogP contribution in [0.25, 0.3) is 0 Å². The zero-order valence-electron chi connectivity index (χ0n) is 10.6. The van der Waals surface area contributed by atoms with E-state index in [4.69, 9.17) is 15.2 Å². The molecular weight excluding hydrogens is 228 g/mol. The summed E-state index contributed by atoms with van der Waals surface area (Å²) < 4.78 is 11.1. The topological polar surface area (TPSA) is 47.7 Å². The maximum absolute atomic E-state index is 5.60. The largest absolute Gasteiger partial charge is 0.486 e. The number of fused-ring (bicyclic) bond motifs is 1. The molecule has 0 aromatic heterocycles. The molecule has 0 saturated carbocycles. The summed E-state index contributed by atoms with van der Waals surface area (Å²) in [4.78, 5) is 2.25. The van der Waals surface area contributed by atoms with Crippen molar-refractivity contribution in [2.75, 3.05) is 32.8 Å². The van der Waals surface area contributed by atoms with Crippen LogP contribution in [0.2, 0.25) is 0 Å². The normalized spacial score (nSPS) is 13.7. The zero-order chi connectivity index (χ0) is 12.8. The minimum Gasteiger partial charge on any atom is -0.486 e. The van der Waals surface area contributed by atoms with Crippen LogP contribution in [0, 0.1) is 0 Å². The van der Waals surface area contributed by atoms with Crippen LogP contribution in [0.1, 0.15) is 5.56 Å².